The lowest BCUT2D eigenvalue weighted by molar-refractivity contribution is -0.130. The molecular weight excluding hydrogens is 352 g/mol. The van der Waals surface area contributed by atoms with Gasteiger partial charge in [-0.15, -0.1) is 12.4 Å². The van der Waals surface area contributed by atoms with Crippen LogP contribution in [-0.4, -0.2) is 32.7 Å². The van der Waals surface area contributed by atoms with Crippen molar-refractivity contribution in [3.05, 3.63) is 54.6 Å². The van der Waals surface area contributed by atoms with Crippen molar-refractivity contribution in [2.75, 3.05) is 32.1 Å². The molecule has 26 heavy (non-hydrogen) atoms. The minimum atomic E-state index is -0.459. The van der Waals surface area contributed by atoms with Gasteiger partial charge in [0.15, 0.2) is 0 Å². The summed E-state index contributed by atoms with van der Waals surface area (Å²) in [5, 5.41) is 6.32. The van der Waals surface area contributed by atoms with Gasteiger partial charge >= 0.3 is 0 Å². The largest absolute Gasteiger partial charge is 0.457 e. The van der Waals surface area contributed by atoms with Crippen molar-refractivity contribution in [2.45, 2.75) is 12.8 Å². The third-order valence-corrected chi connectivity index (χ3v) is 4.55. The van der Waals surface area contributed by atoms with Gasteiger partial charge in [0.2, 0.25) is 5.91 Å². The summed E-state index contributed by atoms with van der Waals surface area (Å²) in [6.07, 6.45) is 1.56. The van der Waals surface area contributed by atoms with E-state index in [2.05, 4.69) is 10.6 Å². The highest BCUT2D eigenvalue weighted by molar-refractivity contribution is 5.95. The van der Waals surface area contributed by atoms with Crippen molar-refractivity contribution in [1.82, 2.24) is 5.32 Å². The summed E-state index contributed by atoms with van der Waals surface area (Å²) in [4.78, 5) is 12.8. The number of carbonyl (C=O) groups is 1. The average molecular weight is 377 g/mol. The molecule has 0 saturated carbocycles. The van der Waals surface area contributed by atoms with Crippen LogP contribution in [0.4, 0.5) is 5.69 Å². The van der Waals surface area contributed by atoms with Crippen molar-refractivity contribution in [1.29, 1.82) is 0 Å². The Hall–Kier alpha value is -2.08. The maximum absolute atomic E-state index is 12.8. The SMILES string of the molecule is COCC1(C(=O)Nc2ccc(Oc3ccccc3)cc2)CCNCC1.Cl. The number of amides is 1. The fourth-order valence-electron chi connectivity index (χ4n) is 3.11. The van der Waals surface area contributed by atoms with Crippen LogP contribution in [0.5, 0.6) is 11.5 Å². The molecular formula is C20H25ClN2O3. The van der Waals surface area contributed by atoms with Gasteiger partial charge in [-0.3, -0.25) is 4.79 Å². The normalized spacial score (nSPS) is 15.6. The molecule has 0 aromatic heterocycles. The highest BCUT2D eigenvalue weighted by atomic mass is 35.5. The molecule has 2 aromatic rings. The Morgan fingerprint density at radius 2 is 1.65 bits per heavy atom. The molecule has 2 aromatic carbocycles. The summed E-state index contributed by atoms with van der Waals surface area (Å²) in [5.41, 5.74) is 0.304. The predicted molar refractivity (Wildman–Crippen MR) is 105 cm³/mol. The second kappa shape index (κ2) is 9.57. The lowest BCUT2D eigenvalue weighted by Gasteiger charge is -2.35. The van der Waals surface area contributed by atoms with E-state index < -0.39 is 5.41 Å². The van der Waals surface area contributed by atoms with Crippen LogP contribution in [0.25, 0.3) is 0 Å². The number of hydrogen-bond donors (Lipinski definition) is 2. The van der Waals surface area contributed by atoms with Crippen molar-refractivity contribution in [3.8, 4) is 11.5 Å². The molecule has 1 fully saturated rings. The first kappa shape index (κ1) is 20.2. The molecule has 0 spiro atoms. The Morgan fingerprint density at radius 1 is 1.04 bits per heavy atom. The van der Waals surface area contributed by atoms with E-state index in [1.165, 1.54) is 0 Å². The molecule has 1 heterocycles. The summed E-state index contributed by atoms with van der Waals surface area (Å²) in [7, 11) is 1.65. The molecule has 0 bridgehead atoms. The maximum Gasteiger partial charge on any atom is 0.233 e. The summed E-state index contributed by atoms with van der Waals surface area (Å²) < 4.78 is 11.1. The van der Waals surface area contributed by atoms with Crippen molar-refractivity contribution >= 4 is 24.0 Å². The number of para-hydroxylation sites is 1. The zero-order chi connectivity index (χ0) is 17.5. The minimum Gasteiger partial charge on any atom is -0.457 e. The molecule has 0 aliphatic carbocycles. The lowest BCUT2D eigenvalue weighted by Crippen LogP contribution is -2.47. The number of piperidine rings is 1. The quantitative estimate of drug-likeness (QED) is 0.803. The number of anilines is 1. The van der Waals surface area contributed by atoms with Crippen LogP contribution in [0.2, 0.25) is 0 Å². The summed E-state index contributed by atoms with van der Waals surface area (Å²) in [6.45, 7) is 2.11. The third-order valence-electron chi connectivity index (χ3n) is 4.55. The van der Waals surface area contributed by atoms with Gasteiger partial charge < -0.3 is 20.1 Å². The molecule has 3 rings (SSSR count). The number of ether oxygens (including phenoxy) is 2. The molecule has 0 atom stereocenters. The van der Waals surface area contributed by atoms with Crippen LogP contribution >= 0.6 is 12.4 Å². The molecule has 140 valence electrons. The van der Waals surface area contributed by atoms with Crippen molar-refractivity contribution in [2.24, 2.45) is 5.41 Å². The number of carbonyl (C=O) groups excluding carboxylic acids is 1. The number of benzene rings is 2. The summed E-state index contributed by atoms with van der Waals surface area (Å²) in [6, 6.07) is 17.0. The maximum atomic E-state index is 12.8. The molecule has 1 amide bonds. The summed E-state index contributed by atoms with van der Waals surface area (Å²) >= 11 is 0. The molecule has 0 unspecified atom stereocenters. The van der Waals surface area contributed by atoms with Crippen LogP contribution in [0, 0.1) is 5.41 Å². The minimum absolute atomic E-state index is 0. The van der Waals surface area contributed by atoms with Gasteiger partial charge in [-0.25, -0.2) is 0 Å². The van der Waals surface area contributed by atoms with Gasteiger partial charge in [0.05, 0.1) is 12.0 Å². The standard InChI is InChI=1S/C20H24N2O3.ClH/c1-24-15-20(11-13-21-14-12-20)19(23)22-16-7-9-18(10-8-16)25-17-5-3-2-4-6-17;/h2-10,21H,11-15H2,1H3,(H,22,23);1H. The Kier molecular flexibility index (Phi) is 7.45. The number of nitrogens with one attached hydrogen (secondary N) is 2. The zero-order valence-electron chi connectivity index (χ0n) is 14.9. The first-order valence-corrected chi connectivity index (χ1v) is 8.56. The molecule has 5 nitrogen and oxygen atoms in total. The van der Waals surface area contributed by atoms with Gasteiger partial charge in [-0.1, -0.05) is 18.2 Å². The Balaban J connectivity index is 0.00000243. The number of methoxy groups -OCH3 is 1. The summed E-state index contributed by atoms with van der Waals surface area (Å²) in [5.74, 6) is 1.54. The Labute approximate surface area is 160 Å². The highest BCUT2D eigenvalue weighted by Gasteiger charge is 2.39. The smallest absolute Gasteiger partial charge is 0.233 e. The van der Waals surface area contributed by atoms with E-state index in [9.17, 15) is 4.79 Å². The second-order valence-electron chi connectivity index (χ2n) is 6.36. The van der Waals surface area contributed by atoms with Gasteiger partial charge in [0.25, 0.3) is 0 Å². The second-order valence-corrected chi connectivity index (χ2v) is 6.36. The number of rotatable bonds is 6. The van der Waals surface area contributed by atoms with E-state index in [1.807, 2.05) is 54.6 Å². The van der Waals surface area contributed by atoms with E-state index in [0.29, 0.717) is 6.61 Å². The van der Waals surface area contributed by atoms with Gasteiger partial charge in [-0.2, -0.15) is 0 Å². The van der Waals surface area contributed by atoms with Crippen LogP contribution in [-0.2, 0) is 9.53 Å². The topological polar surface area (TPSA) is 59.6 Å². The molecule has 1 aliphatic rings. The van der Waals surface area contributed by atoms with E-state index in [4.69, 9.17) is 9.47 Å². The Bertz CT molecular complexity index is 680. The fraction of sp³-hybridized carbons (Fsp3) is 0.350. The van der Waals surface area contributed by atoms with E-state index in [-0.39, 0.29) is 18.3 Å². The van der Waals surface area contributed by atoms with Gasteiger partial charge in [0.1, 0.15) is 11.5 Å². The van der Waals surface area contributed by atoms with E-state index in [0.717, 1.165) is 43.1 Å². The number of hydrogen-bond acceptors (Lipinski definition) is 4. The Morgan fingerprint density at radius 3 is 2.27 bits per heavy atom. The molecule has 1 saturated heterocycles. The first-order chi connectivity index (χ1) is 12.2. The number of halogens is 1. The molecule has 2 N–H and O–H groups in total. The van der Waals surface area contributed by atoms with Gasteiger partial charge in [0, 0.05) is 12.8 Å². The van der Waals surface area contributed by atoms with Crippen LogP contribution in [0.3, 0.4) is 0 Å². The fourth-order valence-corrected chi connectivity index (χ4v) is 3.11. The van der Waals surface area contributed by atoms with Crippen LogP contribution in [0.1, 0.15) is 12.8 Å². The van der Waals surface area contributed by atoms with E-state index >= 15 is 0 Å². The van der Waals surface area contributed by atoms with Crippen LogP contribution in [0.15, 0.2) is 54.6 Å². The van der Waals surface area contributed by atoms with E-state index in [1.54, 1.807) is 7.11 Å². The van der Waals surface area contributed by atoms with Crippen LogP contribution < -0.4 is 15.4 Å². The first-order valence-electron chi connectivity index (χ1n) is 8.56. The third kappa shape index (κ3) is 4.97. The van der Waals surface area contributed by atoms with Crippen molar-refractivity contribution in [3.63, 3.8) is 0 Å². The predicted octanol–water partition coefficient (Wildman–Crippen LogP) is 3.86. The molecule has 6 heteroatoms. The highest BCUT2D eigenvalue weighted by Crippen LogP contribution is 2.31. The average Bonchev–Trinajstić information content (AvgIpc) is 2.65. The lowest BCUT2D eigenvalue weighted by atomic mass is 9.78. The zero-order valence-corrected chi connectivity index (χ0v) is 15.7. The monoisotopic (exact) mass is 376 g/mol. The van der Waals surface area contributed by atoms with Crippen molar-refractivity contribution < 1.29 is 14.3 Å². The molecule has 0 radical (unpaired) electrons. The van der Waals surface area contributed by atoms with Gasteiger partial charge in [-0.05, 0) is 62.3 Å². The molecule has 1 aliphatic heterocycles.